The lowest BCUT2D eigenvalue weighted by molar-refractivity contribution is 0.0932. The van der Waals surface area contributed by atoms with Crippen LogP contribution in [0.15, 0.2) is 67.0 Å². The molecule has 172 valence electrons. The number of ether oxygens (including phenoxy) is 2. The van der Waals surface area contributed by atoms with Crippen LogP contribution in [0.5, 0.6) is 11.5 Å². The average Bonchev–Trinajstić information content (AvgIpc) is 3.43. The lowest BCUT2D eigenvalue weighted by Gasteiger charge is -2.26. The van der Waals surface area contributed by atoms with Gasteiger partial charge in [0.25, 0.3) is 5.91 Å². The Hall–Kier alpha value is -4.20. The van der Waals surface area contributed by atoms with Crippen molar-refractivity contribution in [2.24, 2.45) is 0 Å². The topological polar surface area (TPSA) is 91.2 Å². The Bertz CT molecular complexity index is 1320. The normalized spacial score (nSPS) is 14.8. The molecule has 8 heteroatoms. The fourth-order valence-electron chi connectivity index (χ4n) is 4.48. The highest BCUT2D eigenvalue weighted by Gasteiger charge is 2.22. The van der Waals surface area contributed by atoms with Crippen molar-refractivity contribution in [1.29, 1.82) is 0 Å². The van der Waals surface area contributed by atoms with Gasteiger partial charge in [0, 0.05) is 5.56 Å². The summed E-state index contributed by atoms with van der Waals surface area (Å²) in [4.78, 5) is 13.4. The first kappa shape index (κ1) is 21.6. The number of carbonyl (C=O) groups excluding carboxylic acids is 1. The number of tetrazole rings is 1. The van der Waals surface area contributed by atoms with Crippen molar-refractivity contribution in [1.82, 2.24) is 25.5 Å². The van der Waals surface area contributed by atoms with E-state index in [4.69, 9.17) is 9.47 Å². The number of rotatable bonds is 6. The molecule has 0 saturated heterocycles. The van der Waals surface area contributed by atoms with E-state index in [0.717, 1.165) is 30.4 Å². The first-order chi connectivity index (χ1) is 16.7. The van der Waals surface area contributed by atoms with Gasteiger partial charge in [-0.25, -0.2) is 4.68 Å². The summed E-state index contributed by atoms with van der Waals surface area (Å²) in [6, 6.07) is 19.6. The minimum atomic E-state index is -0.140. The molecule has 1 amide bonds. The summed E-state index contributed by atoms with van der Waals surface area (Å²) in [5.74, 6) is 1.10. The standard InChI is InChI=1S/C26H25N5O3/c1-33-24-11-10-18(15-25(24)34-2)19-12-20(14-21(13-19)31-16-27-29-30-31)26(32)28-23-9-5-7-17-6-3-4-8-22(17)23/h3-4,6,8,10-16,23H,5,7,9H2,1-2H3,(H,28,32)/t23-/m1/s1. The third kappa shape index (κ3) is 4.22. The summed E-state index contributed by atoms with van der Waals surface area (Å²) < 4.78 is 12.4. The highest BCUT2D eigenvalue weighted by molar-refractivity contribution is 5.96. The van der Waals surface area contributed by atoms with Crippen molar-refractivity contribution in [3.8, 4) is 28.3 Å². The molecule has 1 heterocycles. The quantitative estimate of drug-likeness (QED) is 0.470. The maximum Gasteiger partial charge on any atom is 0.251 e. The van der Waals surface area contributed by atoms with Crippen LogP contribution >= 0.6 is 0 Å². The van der Waals surface area contributed by atoms with Crippen LogP contribution in [0.1, 0.15) is 40.4 Å². The van der Waals surface area contributed by atoms with Crippen LogP contribution in [-0.2, 0) is 6.42 Å². The number of nitrogens with zero attached hydrogens (tertiary/aromatic N) is 4. The van der Waals surface area contributed by atoms with Crippen LogP contribution in [0.4, 0.5) is 0 Å². The van der Waals surface area contributed by atoms with Crippen molar-refractivity contribution < 1.29 is 14.3 Å². The summed E-state index contributed by atoms with van der Waals surface area (Å²) in [6.45, 7) is 0. The second kappa shape index (κ2) is 9.35. The summed E-state index contributed by atoms with van der Waals surface area (Å²) in [5, 5.41) is 14.7. The molecule has 1 atom stereocenters. The molecule has 34 heavy (non-hydrogen) atoms. The van der Waals surface area contributed by atoms with Crippen LogP contribution in [0.25, 0.3) is 16.8 Å². The molecule has 1 N–H and O–H groups in total. The van der Waals surface area contributed by atoms with E-state index in [2.05, 4.69) is 33.0 Å². The molecule has 1 aliphatic carbocycles. The molecule has 0 radical (unpaired) electrons. The molecular formula is C26H25N5O3. The van der Waals surface area contributed by atoms with Gasteiger partial charge in [-0.1, -0.05) is 30.3 Å². The third-order valence-electron chi connectivity index (χ3n) is 6.19. The van der Waals surface area contributed by atoms with Crippen LogP contribution in [0.2, 0.25) is 0 Å². The minimum absolute atomic E-state index is 0.0151. The number of hydrogen-bond donors (Lipinski definition) is 1. The maximum atomic E-state index is 13.4. The predicted molar refractivity (Wildman–Crippen MR) is 127 cm³/mol. The lowest BCUT2D eigenvalue weighted by atomic mass is 9.87. The molecular weight excluding hydrogens is 430 g/mol. The number of hydrogen-bond acceptors (Lipinski definition) is 6. The van der Waals surface area contributed by atoms with Gasteiger partial charge in [0.2, 0.25) is 0 Å². The molecule has 3 aromatic carbocycles. The highest BCUT2D eigenvalue weighted by Crippen LogP contribution is 2.34. The molecule has 0 fully saturated rings. The summed E-state index contributed by atoms with van der Waals surface area (Å²) >= 11 is 0. The van der Waals surface area contributed by atoms with Gasteiger partial charge in [-0.2, -0.15) is 0 Å². The second-order valence-corrected chi connectivity index (χ2v) is 8.21. The molecule has 5 rings (SSSR count). The van der Waals surface area contributed by atoms with Crippen LogP contribution in [0, 0.1) is 0 Å². The smallest absolute Gasteiger partial charge is 0.251 e. The monoisotopic (exact) mass is 455 g/mol. The average molecular weight is 456 g/mol. The molecule has 0 bridgehead atoms. The zero-order valence-corrected chi connectivity index (χ0v) is 19.1. The van der Waals surface area contributed by atoms with Crippen LogP contribution in [0.3, 0.4) is 0 Å². The number of fused-ring (bicyclic) bond motifs is 1. The summed E-state index contributed by atoms with van der Waals surface area (Å²) in [6.07, 6.45) is 4.51. The first-order valence-electron chi connectivity index (χ1n) is 11.2. The molecule has 0 saturated carbocycles. The number of methoxy groups -OCH3 is 2. The number of benzene rings is 3. The Morgan fingerprint density at radius 2 is 1.85 bits per heavy atom. The van der Waals surface area contributed by atoms with Gasteiger partial charge in [0.05, 0.1) is 25.9 Å². The van der Waals surface area contributed by atoms with Gasteiger partial charge >= 0.3 is 0 Å². The molecule has 0 spiro atoms. The zero-order chi connectivity index (χ0) is 23.5. The van der Waals surface area contributed by atoms with E-state index in [9.17, 15) is 4.79 Å². The number of amides is 1. The minimum Gasteiger partial charge on any atom is -0.493 e. The lowest BCUT2D eigenvalue weighted by Crippen LogP contribution is -2.31. The van der Waals surface area contributed by atoms with Crippen LogP contribution < -0.4 is 14.8 Å². The SMILES string of the molecule is COc1ccc(-c2cc(C(=O)N[C@@H]3CCCc4ccccc43)cc(-n3cnnn3)c2)cc1OC. The van der Waals surface area contributed by atoms with Crippen molar-refractivity contribution in [2.75, 3.05) is 14.2 Å². The number of aromatic nitrogens is 4. The fourth-order valence-corrected chi connectivity index (χ4v) is 4.48. The Balaban J connectivity index is 1.53. The Morgan fingerprint density at radius 1 is 1.00 bits per heavy atom. The number of aryl methyl sites for hydroxylation is 1. The van der Waals surface area contributed by atoms with Gasteiger partial charge in [-0.15, -0.1) is 5.10 Å². The van der Waals surface area contributed by atoms with Gasteiger partial charge in [-0.05, 0) is 82.3 Å². The van der Waals surface area contributed by atoms with Crippen molar-refractivity contribution in [2.45, 2.75) is 25.3 Å². The van der Waals surface area contributed by atoms with Gasteiger partial charge < -0.3 is 14.8 Å². The first-order valence-corrected chi connectivity index (χ1v) is 11.2. The van der Waals surface area contributed by atoms with E-state index < -0.39 is 0 Å². The van der Waals surface area contributed by atoms with Gasteiger partial charge in [-0.3, -0.25) is 4.79 Å². The molecule has 8 nitrogen and oxygen atoms in total. The van der Waals surface area contributed by atoms with Gasteiger partial charge in [0.15, 0.2) is 11.5 Å². The van der Waals surface area contributed by atoms with Crippen molar-refractivity contribution in [3.05, 3.63) is 83.7 Å². The number of nitrogens with one attached hydrogen (secondary N) is 1. The van der Waals surface area contributed by atoms with Crippen molar-refractivity contribution >= 4 is 5.91 Å². The maximum absolute atomic E-state index is 13.4. The summed E-state index contributed by atoms with van der Waals surface area (Å²) in [5.41, 5.74) is 5.42. The van der Waals surface area contributed by atoms with E-state index in [-0.39, 0.29) is 11.9 Å². The molecule has 4 aromatic rings. The Morgan fingerprint density at radius 3 is 2.65 bits per heavy atom. The Labute approximate surface area is 197 Å². The van der Waals surface area contributed by atoms with Crippen LogP contribution in [-0.4, -0.2) is 40.3 Å². The number of carbonyl (C=O) groups is 1. The third-order valence-corrected chi connectivity index (χ3v) is 6.19. The van der Waals surface area contributed by atoms with E-state index in [1.807, 2.05) is 42.5 Å². The highest BCUT2D eigenvalue weighted by atomic mass is 16.5. The van der Waals surface area contributed by atoms with Gasteiger partial charge in [0.1, 0.15) is 6.33 Å². The predicted octanol–water partition coefficient (Wildman–Crippen LogP) is 4.15. The Kier molecular flexibility index (Phi) is 5.95. The fraction of sp³-hybridized carbons (Fsp3) is 0.231. The molecule has 1 aliphatic rings. The van der Waals surface area contributed by atoms with E-state index >= 15 is 0 Å². The van der Waals surface area contributed by atoms with E-state index in [1.165, 1.54) is 22.1 Å². The molecule has 0 aliphatic heterocycles. The molecule has 0 unspecified atom stereocenters. The molecule has 1 aromatic heterocycles. The van der Waals surface area contributed by atoms with Crippen molar-refractivity contribution in [3.63, 3.8) is 0 Å². The largest absolute Gasteiger partial charge is 0.493 e. The summed E-state index contributed by atoms with van der Waals surface area (Å²) in [7, 11) is 3.20. The van der Waals surface area contributed by atoms with E-state index in [1.54, 1.807) is 20.3 Å². The second-order valence-electron chi connectivity index (χ2n) is 8.21. The zero-order valence-electron chi connectivity index (χ0n) is 19.1. The van der Waals surface area contributed by atoms with E-state index in [0.29, 0.717) is 22.7 Å².